The average Bonchev–Trinajstić information content (AvgIpc) is 2.91. The molecule has 1 aromatic heterocycles. The number of piperidine rings is 1. The van der Waals surface area contributed by atoms with Crippen LogP contribution in [0.25, 0.3) is 0 Å². The average molecular weight is 280 g/mol. The van der Waals surface area contributed by atoms with Gasteiger partial charge >= 0.3 is 12.0 Å². The lowest BCUT2D eigenvalue weighted by Crippen LogP contribution is -2.46. The Labute approximate surface area is 117 Å². The van der Waals surface area contributed by atoms with E-state index in [2.05, 4.69) is 10.4 Å². The van der Waals surface area contributed by atoms with Crippen molar-refractivity contribution >= 4 is 12.0 Å². The van der Waals surface area contributed by atoms with Gasteiger partial charge in [-0.3, -0.25) is 9.48 Å². The highest BCUT2D eigenvalue weighted by Crippen LogP contribution is 2.19. The normalized spacial score (nSPS) is 18.8. The van der Waals surface area contributed by atoms with Crippen molar-refractivity contribution in [3.05, 3.63) is 18.5 Å². The first-order valence-corrected chi connectivity index (χ1v) is 6.87. The maximum atomic E-state index is 12.0. The summed E-state index contributed by atoms with van der Waals surface area (Å²) in [5.74, 6) is -0.728. The minimum atomic E-state index is -0.795. The number of carbonyl (C=O) groups is 2. The largest absolute Gasteiger partial charge is 0.481 e. The lowest BCUT2D eigenvalue weighted by molar-refractivity contribution is -0.138. The van der Waals surface area contributed by atoms with Gasteiger partial charge in [-0.2, -0.15) is 5.10 Å². The van der Waals surface area contributed by atoms with Crippen molar-refractivity contribution in [3.63, 3.8) is 0 Å². The Hall–Kier alpha value is -2.05. The SMILES string of the molecule is O=C(O)CC1CCCN(C(=O)NCCn2cccn2)C1. The van der Waals surface area contributed by atoms with Gasteiger partial charge in [-0.1, -0.05) is 0 Å². The fraction of sp³-hybridized carbons (Fsp3) is 0.615. The van der Waals surface area contributed by atoms with Gasteiger partial charge in [0, 0.05) is 38.4 Å². The molecule has 1 aliphatic rings. The number of carboxylic acids is 1. The highest BCUT2D eigenvalue weighted by atomic mass is 16.4. The highest BCUT2D eigenvalue weighted by Gasteiger charge is 2.24. The molecule has 1 atom stereocenters. The monoisotopic (exact) mass is 280 g/mol. The van der Waals surface area contributed by atoms with Crippen LogP contribution in [0.5, 0.6) is 0 Å². The van der Waals surface area contributed by atoms with Gasteiger partial charge in [-0.25, -0.2) is 4.79 Å². The molecule has 1 aliphatic heterocycles. The number of nitrogens with one attached hydrogen (secondary N) is 1. The summed E-state index contributed by atoms with van der Waals surface area (Å²) in [5, 5.41) is 15.7. The Morgan fingerprint density at radius 3 is 3.00 bits per heavy atom. The number of hydrogen-bond acceptors (Lipinski definition) is 3. The summed E-state index contributed by atoms with van der Waals surface area (Å²) < 4.78 is 1.75. The zero-order valence-corrected chi connectivity index (χ0v) is 11.4. The van der Waals surface area contributed by atoms with Gasteiger partial charge in [0.05, 0.1) is 6.54 Å². The van der Waals surface area contributed by atoms with Gasteiger partial charge in [-0.15, -0.1) is 0 Å². The maximum absolute atomic E-state index is 12.0. The molecule has 2 rings (SSSR count). The molecule has 110 valence electrons. The first-order chi connectivity index (χ1) is 9.65. The zero-order valence-electron chi connectivity index (χ0n) is 11.4. The second-order valence-corrected chi connectivity index (χ2v) is 5.05. The van der Waals surface area contributed by atoms with Gasteiger partial charge in [0.15, 0.2) is 0 Å². The molecule has 0 aromatic carbocycles. The second-order valence-electron chi connectivity index (χ2n) is 5.05. The zero-order chi connectivity index (χ0) is 14.4. The van der Waals surface area contributed by atoms with E-state index in [0.717, 1.165) is 12.8 Å². The molecule has 1 aromatic rings. The molecule has 1 saturated heterocycles. The minimum absolute atomic E-state index is 0.0677. The molecular formula is C13H20N4O3. The minimum Gasteiger partial charge on any atom is -0.481 e. The molecule has 7 nitrogen and oxygen atoms in total. The summed E-state index contributed by atoms with van der Waals surface area (Å²) in [6.45, 7) is 2.37. The number of carbonyl (C=O) groups excluding carboxylic acids is 1. The molecule has 20 heavy (non-hydrogen) atoms. The number of urea groups is 1. The molecule has 0 spiro atoms. The summed E-state index contributed by atoms with van der Waals surface area (Å²) in [5.41, 5.74) is 0. The molecule has 7 heteroatoms. The van der Waals surface area contributed by atoms with Crippen molar-refractivity contribution in [3.8, 4) is 0 Å². The molecule has 2 N–H and O–H groups in total. The van der Waals surface area contributed by atoms with Crippen molar-refractivity contribution in [2.24, 2.45) is 5.92 Å². The Morgan fingerprint density at radius 2 is 2.30 bits per heavy atom. The number of likely N-dealkylation sites (tertiary alicyclic amines) is 1. The van der Waals surface area contributed by atoms with Crippen molar-refractivity contribution in [2.45, 2.75) is 25.8 Å². The van der Waals surface area contributed by atoms with Crippen molar-refractivity contribution in [1.29, 1.82) is 0 Å². The van der Waals surface area contributed by atoms with Crippen LogP contribution in [0.2, 0.25) is 0 Å². The number of aliphatic carboxylic acids is 1. The van der Waals surface area contributed by atoms with Crippen LogP contribution in [0.15, 0.2) is 18.5 Å². The number of aromatic nitrogens is 2. The summed E-state index contributed by atoms with van der Waals surface area (Å²) in [4.78, 5) is 24.4. The first kappa shape index (κ1) is 14.4. The summed E-state index contributed by atoms with van der Waals surface area (Å²) >= 11 is 0. The van der Waals surface area contributed by atoms with E-state index in [9.17, 15) is 9.59 Å². The smallest absolute Gasteiger partial charge is 0.317 e. The van der Waals surface area contributed by atoms with E-state index in [0.29, 0.717) is 26.2 Å². The van der Waals surface area contributed by atoms with Crippen LogP contribution >= 0.6 is 0 Å². The number of nitrogens with zero attached hydrogens (tertiary/aromatic N) is 3. The molecule has 2 heterocycles. The highest BCUT2D eigenvalue weighted by molar-refractivity contribution is 5.74. The van der Waals surface area contributed by atoms with Crippen molar-refractivity contribution < 1.29 is 14.7 Å². The first-order valence-electron chi connectivity index (χ1n) is 6.87. The van der Waals surface area contributed by atoms with Crippen LogP contribution in [0.3, 0.4) is 0 Å². The van der Waals surface area contributed by atoms with E-state index in [1.54, 1.807) is 15.8 Å². The Morgan fingerprint density at radius 1 is 1.45 bits per heavy atom. The topological polar surface area (TPSA) is 87.5 Å². The van der Waals surface area contributed by atoms with E-state index in [1.807, 2.05) is 12.3 Å². The van der Waals surface area contributed by atoms with E-state index < -0.39 is 5.97 Å². The van der Waals surface area contributed by atoms with Crippen LogP contribution in [0.4, 0.5) is 4.79 Å². The predicted molar refractivity (Wildman–Crippen MR) is 72.2 cm³/mol. The third kappa shape index (κ3) is 4.25. The summed E-state index contributed by atoms with van der Waals surface area (Å²) in [7, 11) is 0. The molecule has 2 amide bonds. The number of amides is 2. The Kier molecular flexibility index (Phi) is 4.97. The van der Waals surface area contributed by atoms with Gasteiger partial charge in [0.2, 0.25) is 0 Å². The van der Waals surface area contributed by atoms with Gasteiger partial charge < -0.3 is 15.3 Å². The number of rotatable bonds is 5. The fourth-order valence-electron chi connectivity index (χ4n) is 2.48. The van der Waals surface area contributed by atoms with Gasteiger partial charge in [0.1, 0.15) is 0 Å². The maximum Gasteiger partial charge on any atom is 0.317 e. The molecule has 0 bridgehead atoms. The van der Waals surface area contributed by atoms with Crippen LogP contribution in [-0.4, -0.2) is 51.4 Å². The van der Waals surface area contributed by atoms with E-state index in [1.165, 1.54) is 0 Å². The standard InChI is InChI=1S/C13H20N4O3/c18-12(19)9-11-3-1-6-16(10-11)13(20)14-5-8-17-7-2-4-15-17/h2,4,7,11H,1,3,5-6,8-10H2,(H,14,20)(H,18,19). The third-order valence-electron chi connectivity index (χ3n) is 3.45. The van der Waals surface area contributed by atoms with Crippen LogP contribution in [0.1, 0.15) is 19.3 Å². The predicted octanol–water partition coefficient (Wildman–Crippen LogP) is 0.779. The van der Waals surface area contributed by atoms with Crippen LogP contribution in [0, 0.1) is 5.92 Å². The summed E-state index contributed by atoms with van der Waals surface area (Å²) in [6.07, 6.45) is 5.42. The van der Waals surface area contributed by atoms with Crippen LogP contribution in [-0.2, 0) is 11.3 Å². The molecule has 1 fully saturated rings. The Bertz CT molecular complexity index is 446. The quantitative estimate of drug-likeness (QED) is 0.834. The van der Waals surface area contributed by atoms with E-state index >= 15 is 0 Å². The molecule has 1 unspecified atom stereocenters. The lowest BCUT2D eigenvalue weighted by Gasteiger charge is -2.32. The molecule has 0 saturated carbocycles. The fourth-order valence-corrected chi connectivity index (χ4v) is 2.48. The third-order valence-corrected chi connectivity index (χ3v) is 3.45. The number of hydrogen-bond donors (Lipinski definition) is 2. The van der Waals surface area contributed by atoms with Gasteiger partial charge in [-0.05, 0) is 24.8 Å². The summed E-state index contributed by atoms with van der Waals surface area (Å²) in [6, 6.07) is 1.72. The Balaban J connectivity index is 1.72. The number of carboxylic acid groups (broad SMARTS) is 1. The lowest BCUT2D eigenvalue weighted by atomic mass is 9.95. The van der Waals surface area contributed by atoms with Crippen molar-refractivity contribution in [1.82, 2.24) is 20.0 Å². The molecule has 0 aliphatic carbocycles. The van der Waals surface area contributed by atoms with E-state index in [4.69, 9.17) is 5.11 Å². The second kappa shape index (κ2) is 6.93. The van der Waals surface area contributed by atoms with Crippen LogP contribution < -0.4 is 5.32 Å². The molecule has 0 radical (unpaired) electrons. The van der Waals surface area contributed by atoms with Crippen molar-refractivity contribution in [2.75, 3.05) is 19.6 Å². The van der Waals surface area contributed by atoms with Gasteiger partial charge in [0.25, 0.3) is 0 Å². The molecular weight excluding hydrogens is 260 g/mol. The van der Waals surface area contributed by atoms with E-state index in [-0.39, 0.29) is 18.4 Å².